The minimum absolute atomic E-state index is 0.265. The molecule has 2 heterocycles. The van der Waals surface area contributed by atoms with Crippen molar-refractivity contribution in [3.05, 3.63) is 0 Å². The molecular formula is C10H18N6O2. The fraction of sp³-hybridized carbons (Fsp3) is 0.700. The molecule has 0 amide bonds. The van der Waals surface area contributed by atoms with Crippen LogP contribution in [0.4, 0.5) is 11.9 Å². The van der Waals surface area contributed by atoms with E-state index in [4.69, 9.17) is 15.3 Å². The highest BCUT2D eigenvalue weighted by molar-refractivity contribution is 5.38. The first-order chi connectivity index (χ1) is 8.74. The lowest BCUT2D eigenvalue weighted by molar-refractivity contribution is 0.193. The van der Waals surface area contributed by atoms with Crippen molar-refractivity contribution in [3.8, 4) is 6.01 Å². The molecule has 100 valence electrons. The highest BCUT2D eigenvalue weighted by atomic mass is 16.5. The maximum atomic E-state index is 5.35. The fourth-order valence-corrected chi connectivity index (χ4v) is 1.75. The van der Waals surface area contributed by atoms with E-state index in [9.17, 15) is 0 Å². The van der Waals surface area contributed by atoms with Crippen molar-refractivity contribution < 1.29 is 9.47 Å². The fourth-order valence-electron chi connectivity index (χ4n) is 1.75. The third kappa shape index (κ3) is 2.77. The van der Waals surface area contributed by atoms with Crippen LogP contribution in [0.15, 0.2) is 0 Å². The number of nitrogens with two attached hydrogens (primary N) is 1. The van der Waals surface area contributed by atoms with E-state index in [0.717, 1.165) is 13.0 Å². The molecule has 0 radical (unpaired) electrons. The highest BCUT2D eigenvalue weighted by Gasteiger charge is 2.23. The van der Waals surface area contributed by atoms with Gasteiger partial charge in [0.2, 0.25) is 11.9 Å². The van der Waals surface area contributed by atoms with Crippen molar-refractivity contribution in [1.29, 1.82) is 0 Å². The SMILES string of the molecule is CCOc1nc(NN)nc(N(C)C2CCOC2)n1. The second-order valence-corrected chi connectivity index (χ2v) is 3.95. The second-order valence-electron chi connectivity index (χ2n) is 3.95. The van der Waals surface area contributed by atoms with Crippen LogP contribution in [0.25, 0.3) is 0 Å². The van der Waals surface area contributed by atoms with Gasteiger partial charge in [0.25, 0.3) is 0 Å². The summed E-state index contributed by atoms with van der Waals surface area (Å²) >= 11 is 0. The van der Waals surface area contributed by atoms with Gasteiger partial charge in [0.15, 0.2) is 0 Å². The molecule has 1 aromatic heterocycles. The van der Waals surface area contributed by atoms with E-state index in [2.05, 4.69) is 20.4 Å². The van der Waals surface area contributed by atoms with Gasteiger partial charge in [0.1, 0.15) is 0 Å². The Morgan fingerprint density at radius 3 is 2.94 bits per heavy atom. The van der Waals surface area contributed by atoms with Gasteiger partial charge in [0.05, 0.1) is 19.3 Å². The number of nitrogens with zero attached hydrogens (tertiary/aromatic N) is 4. The monoisotopic (exact) mass is 254 g/mol. The van der Waals surface area contributed by atoms with Crippen molar-refractivity contribution in [3.63, 3.8) is 0 Å². The molecule has 0 aromatic carbocycles. The number of nitrogen functional groups attached to an aromatic ring is 1. The third-order valence-electron chi connectivity index (χ3n) is 2.77. The minimum atomic E-state index is 0.265. The quantitative estimate of drug-likeness (QED) is 0.549. The van der Waals surface area contributed by atoms with Gasteiger partial charge in [-0.15, -0.1) is 0 Å². The molecule has 3 N–H and O–H groups in total. The largest absolute Gasteiger partial charge is 0.464 e. The van der Waals surface area contributed by atoms with Gasteiger partial charge in [-0.2, -0.15) is 15.0 Å². The van der Waals surface area contributed by atoms with Crippen LogP contribution in [0.5, 0.6) is 6.01 Å². The summed E-state index contributed by atoms with van der Waals surface area (Å²) in [5.74, 6) is 6.15. The molecule has 8 heteroatoms. The summed E-state index contributed by atoms with van der Waals surface area (Å²) in [4.78, 5) is 14.4. The van der Waals surface area contributed by atoms with Crippen LogP contribution in [0.2, 0.25) is 0 Å². The standard InChI is InChI=1S/C10H18N6O2/c1-3-18-10-13-8(15-11)12-9(14-10)16(2)7-4-5-17-6-7/h7H,3-6,11H2,1-2H3,(H,12,13,14,15). The Bertz CT molecular complexity index is 396. The second kappa shape index (κ2) is 5.78. The van der Waals surface area contributed by atoms with Crippen molar-refractivity contribution >= 4 is 11.9 Å². The van der Waals surface area contributed by atoms with Crippen molar-refractivity contribution in [2.75, 3.05) is 37.2 Å². The molecule has 1 atom stereocenters. The van der Waals surface area contributed by atoms with E-state index in [1.165, 1.54) is 0 Å². The van der Waals surface area contributed by atoms with Gasteiger partial charge >= 0.3 is 6.01 Å². The molecule has 1 aliphatic heterocycles. The lowest BCUT2D eigenvalue weighted by Crippen LogP contribution is -2.33. The number of hydrazine groups is 1. The Kier molecular flexibility index (Phi) is 4.11. The third-order valence-corrected chi connectivity index (χ3v) is 2.77. The van der Waals surface area contributed by atoms with Crippen LogP contribution < -0.4 is 20.9 Å². The van der Waals surface area contributed by atoms with Gasteiger partial charge < -0.3 is 14.4 Å². The lowest BCUT2D eigenvalue weighted by Gasteiger charge is -2.23. The first kappa shape index (κ1) is 12.8. The predicted molar refractivity (Wildman–Crippen MR) is 66.4 cm³/mol. The molecule has 0 bridgehead atoms. The Hall–Kier alpha value is -1.67. The number of hydrogen-bond acceptors (Lipinski definition) is 8. The zero-order valence-corrected chi connectivity index (χ0v) is 10.6. The maximum Gasteiger partial charge on any atom is 0.323 e. The topological polar surface area (TPSA) is 98.4 Å². The van der Waals surface area contributed by atoms with Crippen LogP contribution in [0.3, 0.4) is 0 Å². The van der Waals surface area contributed by atoms with Crippen LogP contribution >= 0.6 is 0 Å². The van der Waals surface area contributed by atoms with Gasteiger partial charge in [0, 0.05) is 13.7 Å². The number of likely N-dealkylation sites (N-methyl/N-ethyl adjacent to an activating group) is 1. The zero-order chi connectivity index (χ0) is 13.0. The average Bonchev–Trinajstić information content (AvgIpc) is 2.91. The molecule has 0 saturated carbocycles. The number of nitrogens with one attached hydrogen (secondary N) is 1. The smallest absolute Gasteiger partial charge is 0.323 e. The number of ether oxygens (including phenoxy) is 2. The van der Waals surface area contributed by atoms with Crippen molar-refractivity contribution in [2.24, 2.45) is 5.84 Å². The maximum absolute atomic E-state index is 5.35. The Labute approximate surface area is 105 Å². The minimum Gasteiger partial charge on any atom is -0.464 e. The van der Waals surface area contributed by atoms with Crippen LogP contribution in [0.1, 0.15) is 13.3 Å². The summed E-state index contributed by atoms with van der Waals surface area (Å²) in [6, 6.07) is 0.536. The molecule has 1 unspecified atom stereocenters. The molecule has 0 aliphatic carbocycles. The van der Waals surface area contributed by atoms with E-state index < -0.39 is 0 Å². The summed E-state index contributed by atoms with van der Waals surface area (Å²) in [5, 5.41) is 0. The summed E-state index contributed by atoms with van der Waals surface area (Å²) < 4.78 is 10.6. The summed E-state index contributed by atoms with van der Waals surface area (Å²) in [7, 11) is 1.92. The Morgan fingerprint density at radius 1 is 1.50 bits per heavy atom. The molecular weight excluding hydrogens is 236 g/mol. The van der Waals surface area contributed by atoms with Crippen LogP contribution in [-0.4, -0.2) is 47.9 Å². The Balaban J connectivity index is 2.21. The van der Waals surface area contributed by atoms with E-state index in [1.807, 2.05) is 18.9 Å². The lowest BCUT2D eigenvalue weighted by atomic mass is 10.2. The summed E-state index contributed by atoms with van der Waals surface area (Å²) in [5.41, 5.74) is 2.41. The normalized spacial score (nSPS) is 18.7. The van der Waals surface area contributed by atoms with Gasteiger partial charge in [-0.1, -0.05) is 0 Å². The van der Waals surface area contributed by atoms with E-state index in [-0.39, 0.29) is 18.0 Å². The van der Waals surface area contributed by atoms with Gasteiger partial charge in [-0.05, 0) is 13.3 Å². The molecule has 18 heavy (non-hydrogen) atoms. The molecule has 2 rings (SSSR count). The first-order valence-corrected chi connectivity index (χ1v) is 5.90. The van der Waals surface area contributed by atoms with Crippen molar-refractivity contribution in [2.45, 2.75) is 19.4 Å². The number of rotatable bonds is 5. The molecule has 1 fully saturated rings. The summed E-state index contributed by atoms with van der Waals surface area (Å²) in [6.45, 7) is 3.80. The van der Waals surface area contributed by atoms with E-state index in [0.29, 0.717) is 19.2 Å². The molecule has 1 saturated heterocycles. The van der Waals surface area contributed by atoms with Crippen LogP contribution in [-0.2, 0) is 4.74 Å². The molecule has 1 aromatic rings. The molecule has 0 spiro atoms. The van der Waals surface area contributed by atoms with E-state index in [1.54, 1.807) is 0 Å². The zero-order valence-electron chi connectivity index (χ0n) is 10.6. The first-order valence-electron chi connectivity index (χ1n) is 5.90. The van der Waals surface area contributed by atoms with E-state index >= 15 is 0 Å². The number of aromatic nitrogens is 3. The summed E-state index contributed by atoms with van der Waals surface area (Å²) in [6.07, 6.45) is 0.956. The highest BCUT2D eigenvalue weighted by Crippen LogP contribution is 2.19. The van der Waals surface area contributed by atoms with Gasteiger partial charge in [-0.25, -0.2) is 5.84 Å². The molecule has 8 nitrogen and oxygen atoms in total. The number of anilines is 2. The average molecular weight is 254 g/mol. The predicted octanol–water partition coefficient (Wildman–Crippen LogP) is -0.219. The number of hydrogen-bond donors (Lipinski definition) is 2. The van der Waals surface area contributed by atoms with Gasteiger partial charge in [-0.3, -0.25) is 5.43 Å². The van der Waals surface area contributed by atoms with Crippen molar-refractivity contribution in [1.82, 2.24) is 15.0 Å². The van der Waals surface area contributed by atoms with Crippen LogP contribution in [0, 0.1) is 0 Å². The Morgan fingerprint density at radius 2 is 2.33 bits per heavy atom. The molecule has 1 aliphatic rings.